The summed E-state index contributed by atoms with van der Waals surface area (Å²) in [6.07, 6.45) is 0. The molecule has 0 fully saturated rings. The van der Waals surface area contributed by atoms with Crippen molar-refractivity contribution in [1.82, 2.24) is 0 Å². The third kappa shape index (κ3) is 4.66. The molecule has 8 aromatic carbocycles. The molecule has 2 aromatic heterocycles. The monoisotopic (exact) mass is 775 g/mol. The van der Waals surface area contributed by atoms with E-state index in [4.69, 9.17) is 8.83 Å². The van der Waals surface area contributed by atoms with Crippen LogP contribution in [0.25, 0.3) is 66.1 Å². The Bertz CT molecular complexity index is 3280. The SMILES string of the molecule is CC(C)(C)c1ccc(N(c2ccc(C(C)(C)C)cc2)c2cc3c(c4oc5ccccc5c24)-c2c(ccc4oc5ccccc5c24)C32c3ccccc3-c3ccccc32)cc1. The van der Waals surface area contributed by atoms with Gasteiger partial charge >= 0.3 is 0 Å². The average Bonchev–Trinajstić information content (AvgIpc) is 3.99. The van der Waals surface area contributed by atoms with Crippen molar-refractivity contribution in [3.63, 3.8) is 0 Å². The van der Waals surface area contributed by atoms with E-state index in [1.807, 2.05) is 0 Å². The minimum absolute atomic E-state index is 0.0172. The van der Waals surface area contributed by atoms with Crippen molar-refractivity contribution in [2.75, 3.05) is 4.90 Å². The molecule has 0 atom stereocenters. The molecule has 0 bridgehead atoms. The van der Waals surface area contributed by atoms with Crippen molar-refractivity contribution in [2.24, 2.45) is 0 Å². The summed E-state index contributed by atoms with van der Waals surface area (Å²) >= 11 is 0. The van der Waals surface area contributed by atoms with Gasteiger partial charge in [-0.2, -0.15) is 0 Å². The molecular formula is C57H45NO2. The van der Waals surface area contributed by atoms with Gasteiger partial charge in [0.25, 0.3) is 0 Å². The maximum absolute atomic E-state index is 7.30. The maximum Gasteiger partial charge on any atom is 0.145 e. The summed E-state index contributed by atoms with van der Waals surface area (Å²) in [5.41, 5.74) is 18.7. The number of fused-ring (bicyclic) bond motifs is 18. The minimum Gasteiger partial charge on any atom is -0.456 e. The molecule has 3 heteroatoms. The molecule has 2 aliphatic carbocycles. The Kier molecular flexibility index (Phi) is 7.09. The molecule has 0 aliphatic heterocycles. The van der Waals surface area contributed by atoms with Gasteiger partial charge in [-0.15, -0.1) is 0 Å². The zero-order valence-electron chi connectivity index (χ0n) is 34.9. The van der Waals surface area contributed by atoms with E-state index in [0.29, 0.717) is 0 Å². The molecule has 1 spiro atoms. The fraction of sp³-hybridized carbons (Fsp3) is 0.158. The number of furan rings is 2. The normalized spacial score (nSPS) is 14.0. The van der Waals surface area contributed by atoms with E-state index in [2.05, 4.69) is 210 Å². The largest absolute Gasteiger partial charge is 0.456 e. The van der Waals surface area contributed by atoms with E-state index in [-0.39, 0.29) is 10.8 Å². The Morgan fingerprint density at radius 1 is 0.417 bits per heavy atom. The second-order valence-corrected chi connectivity index (χ2v) is 18.9. The first-order chi connectivity index (χ1) is 29.0. The second kappa shape index (κ2) is 12.1. The molecule has 0 saturated heterocycles. The highest BCUT2D eigenvalue weighted by molar-refractivity contribution is 6.24. The van der Waals surface area contributed by atoms with Gasteiger partial charge in [0.1, 0.15) is 22.3 Å². The molecule has 0 N–H and O–H groups in total. The Balaban J connectivity index is 1.28. The maximum atomic E-state index is 7.30. The number of rotatable bonds is 3. The van der Waals surface area contributed by atoms with Gasteiger partial charge in [0, 0.05) is 38.7 Å². The molecule has 60 heavy (non-hydrogen) atoms. The van der Waals surface area contributed by atoms with Crippen LogP contribution in [0.15, 0.2) is 173 Å². The van der Waals surface area contributed by atoms with Gasteiger partial charge in [0.05, 0.1) is 16.5 Å². The lowest BCUT2D eigenvalue weighted by atomic mass is 9.70. The quantitative estimate of drug-likeness (QED) is 0.179. The molecule has 0 amide bonds. The van der Waals surface area contributed by atoms with Gasteiger partial charge in [0.15, 0.2) is 0 Å². The van der Waals surface area contributed by atoms with Gasteiger partial charge in [0.2, 0.25) is 0 Å². The first-order valence-corrected chi connectivity index (χ1v) is 21.2. The highest BCUT2D eigenvalue weighted by atomic mass is 16.3. The predicted molar refractivity (Wildman–Crippen MR) is 249 cm³/mol. The average molecular weight is 776 g/mol. The van der Waals surface area contributed by atoms with Crippen LogP contribution in [0, 0.1) is 0 Å². The molecule has 12 rings (SSSR count). The van der Waals surface area contributed by atoms with E-state index in [1.54, 1.807) is 0 Å². The minimum atomic E-state index is -0.621. The van der Waals surface area contributed by atoms with Crippen LogP contribution in [-0.2, 0) is 16.2 Å². The number of hydrogen-bond acceptors (Lipinski definition) is 3. The fourth-order valence-electron chi connectivity index (χ4n) is 10.6. The van der Waals surface area contributed by atoms with Gasteiger partial charge in [-0.1, -0.05) is 157 Å². The van der Waals surface area contributed by atoms with Gasteiger partial charge < -0.3 is 13.7 Å². The zero-order chi connectivity index (χ0) is 40.7. The van der Waals surface area contributed by atoms with Crippen LogP contribution in [0.4, 0.5) is 17.1 Å². The molecule has 0 unspecified atom stereocenters. The lowest BCUT2D eigenvalue weighted by Crippen LogP contribution is -2.26. The predicted octanol–water partition coefficient (Wildman–Crippen LogP) is 15.9. The fourth-order valence-corrected chi connectivity index (χ4v) is 10.6. The molecular weight excluding hydrogens is 731 g/mol. The van der Waals surface area contributed by atoms with Crippen LogP contribution in [0.2, 0.25) is 0 Å². The molecule has 2 aliphatic rings. The highest BCUT2D eigenvalue weighted by Crippen LogP contribution is 2.67. The van der Waals surface area contributed by atoms with E-state index >= 15 is 0 Å². The number of para-hydroxylation sites is 2. The lowest BCUT2D eigenvalue weighted by molar-refractivity contribution is 0.590. The Morgan fingerprint density at radius 3 is 1.48 bits per heavy atom. The van der Waals surface area contributed by atoms with E-state index in [1.165, 1.54) is 50.1 Å². The van der Waals surface area contributed by atoms with Crippen LogP contribution >= 0.6 is 0 Å². The third-order valence-electron chi connectivity index (χ3n) is 13.4. The summed E-state index contributed by atoms with van der Waals surface area (Å²) in [7, 11) is 0. The topological polar surface area (TPSA) is 29.5 Å². The summed E-state index contributed by atoms with van der Waals surface area (Å²) in [5, 5.41) is 4.42. The van der Waals surface area contributed by atoms with E-state index in [0.717, 1.165) is 66.5 Å². The van der Waals surface area contributed by atoms with E-state index in [9.17, 15) is 0 Å². The van der Waals surface area contributed by atoms with Crippen molar-refractivity contribution < 1.29 is 8.83 Å². The number of nitrogens with zero attached hydrogens (tertiary/aromatic N) is 1. The first-order valence-electron chi connectivity index (χ1n) is 21.2. The van der Waals surface area contributed by atoms with Crippen LogP contribution < -0.4 is 4.90 Å². The summed E-state index contributed by atoms with van der Waals surface area (Å²) in [6, 6.07) is 60.5. The van der Waals surface area contributed by atoms with Gasteiger partial charge in [-0.05, 0) is 104 Å². The summed E-state index contributed by atoms with van der Waals surface area (Å²) in [5.74, 6) is 0. The van der Waals surface area contributed by atoms with Crippen LogP contribution in [0.5, 0.6) is 0 Å². The number of benzene rings is 8. The lowest BCUT2D eigenvalue weighted by Gasteiger charge is -2.33. The molecule has 0 saturated carbocycles. The first kappa shape index (κ1) is 35.1. The van der Waals surface area contributed by atoms with Gasteiger partial charge in [-0.3, -0.25) is 0 Å². The molecule has 3 nitrogen and oxygen atoms in total. The summed E-state index contributed by atoms with van der Waals surface area (Å²) in [4.78, 5) is 2.47. The van der Waals surface area contributed by atoms with Crippen molar-refractivity contribution >= 4 is 60.9 Å². The molecule has 290 valence electrons. The van der Waals surface area contributed by atoms with Gasteiger partial charge in [-0.25, -0.2) is 0 Å². The van der Waals surface area contributed by atoms with Crippen molar-refractivity contribution in [3.05, 3.63) is 197 Å². The highest BCUT2D eigenvalue weighted by Gasteiger charge is 2.54. The molecule has 10 aromatic rings. The van der Waals surface area contributed by atoms with E-state index < -0.39 is 5.41 Å². The Labute approximate surface area is 350 Å². The zero-order valence-corrected chi connectivity index (χ0v) is 34.9. The van der Waals surface area contributed by atoms with Crippen LogP contribution in [0.3, 0.4) is 0 Å². The Hall–Kier alpha value is -6.84. The standard InChI is InChI=1S/C57H45NO2/c1-55(2,3)34-23-27-36(28-24-34)58(37-29-25-35(26-30-37)56(4,5)6)46-33-45-53(54-50(46)40-17-9-14-22-48(40)60-54)52-44(31-32-49-51(52)41-18-10-13-21-47(41)59-49)57(45)42-19-11-7-15-38(42)39-16-8-12-20-43(39)57/h7-33H,1-6H3. The molecule has 0 radical (unpaired) electrons. The van der Waals surface area contributed by atoms with Crippen LogP contribution in [0.1, 0.15) is 74.9 Å². The number of anilines is 3. The third-order valence-corrected chi connectivity index (χ3v) is 13.4. The van der Waals surface area contributed by atoms with Crippen molar-refractivity contribution in [2.45, 2.75) is 57.8 Å². The summed E-state index contributed by atoms with van der Waals surface area (Å²) < 4.78 is 14.0. The number of hydrogen-bond donors (Lipinski definition) is 0. The second-order valence-electron chi connectivity index (χ2n) is 18.9. The summed E-state index contributed by atoms with van der Waals surface area (Å²) in [6.45, 7) is 13.7. The Morgan fingerprint density at radius 2 is 0.917 bits per heavy atom. The van der Waals surface area contributed by atoms with Crippen molar-refractivity contribution in [3.8, 4) is 22.3 Å². The van der Waals surface area contributed by atoms with Crippen LogP contribution in [-0.4, -0.2) is 0 Å². The smallest absolute Gasteiger partial charge is 0.145 e. The molecule has 2 heterocycles. The van der Waals surface area contributed by atoms with Crippen molar-refractivity contribution in [1.29, 1.82) is 0 Å².